The molecule has 114 valence electrons. The van der Waals surface area contributed by atoms with Crippen molar-refractivity contribution in [3.63, 3.8) is 0 Å². The Balaban J connectivity index is 1.97. The van der Waals surface area contributed by atoms with Gasteiger partial charge in [-0.3, -0.25) is 4.79 Å². The summed E-state index contributed by atoms with van der Waals surface area (Å²) in [6.45, 7) is 1.44. The van der Waals surface area contributed by atoms with E-state index in [9.17, 15) is 13.2 Å². The molecule has 2 aliphatic rings. The lowest BCUT2D eigenvalue weighted by atomic mass is 10.1. The van der Waals surface area contributed by atoms with Gasteiger partial charge in [-0.1, -0.05) is 0 Å². The number of amides is 1. The van der Waals surface area contributed by atoms with Gasteiger partial charge in [0.25, 0.3) is 0 Å². The van der Waals surface area contributed by atoms with Gasteiger partial charge in [0.2, 0.25) is 15.9 Å². The lowest BCUT2D eigenvalue weighted by Crippen LogP contribution is -2.30. The molecule has 21 heavy (non-hydrogen) atoms. The minimum Gasteiger partial charge on any atom is -0.330 e. The summed E-state index contributed by atoms with van der Waals surface area (Å²) in [7, 11) is -3.56. The van der Waals surface area contributed by atoms with E-state index in [-0.39, 0.29) is 23.1 Å². The van der Waals surface area contributed by atoms with Crippen LogP contribution in [-0.2, 0) is 21.2 Å². The summed E-state index contributed by atoms with van der Waals surface area (Å²) in [6, 6.07) is 3.24. The maximum atomic E-state index is 12.7. The number of sulfonamides is 1. The predicted octanol–water partition coefficient (Wildman–Crippen LogP) is 0.913. The van der Waals surface area contributed by atoms with E-state index in [0.29, 0.717) is 29.8 Å². The molecule has 6 nitrogen and oxygen atoms in total. The Morgan fingerprint density at radius 1 is 1.43 bits per heavy atom. The molecule has 1 aromatic rings. The van der Waals surface area contributed by atoms with E-state index in [1.54, 1.807) is 12.1 Å². The molecule has 1 atom stereocenters. The molecule has 1 fully saturated rings. The second kappa shape index (κ2) is 5.35. The number of hydrogen-bond donors (Lipinski definition) is 2. The monoisotopic (exact) mass is 373 g/mol. The van der Waals surface area contributed by atoms with Crippen LogP contribution >= 0.6 is 15.9 Å². The zero-order valence-electron chi connectivity index (χ0n) is 11.3. The molecular formula is C13H16BrN3O3S. The second-order valence-corrected chi connectivity index (χ2v) is 8.18. The van der Waals surface area contributed by atoms with Crippen molar-refractivity contribution in [2.24, 2.45) is 11.7 Å². The zero-order chi connectivity index (χ0) is 15.2. The van der Waals surface area contributed by atoms with E-state index in [0.717, 1.165) is 12.0 Å². The van der Waals surface area contributed by atoms with E-state index < -0.39 is 10.0 Å². The number of nitrogens with zero attached hydrogens (tertiary/aromatic N) is 1. The van der Waals surface area contributed by atoms with Gasteiger partial charge in [0.15, 0.2) is 0 Å². The summed E-state index contributed by atoms with van der Waals surface area (Å²) in [6.07, 6.45) is 1.01. The van der Waals surface area contributed by atoms with E-state index >= 15 is 0 Å². The number of carbonyl (C=O) groups is 1. The number of fused-ring (bicyclic) bond motifs is 1. The Morgan fingerprint density at radius 2 is 2.19 bits per heavy atom. The van der Waals surface area contributed by atoms with Crippen LogP contribution in [0.25, 0.3) is 0 Å². The van der Waals surface area contributed by atoms with Crippen molar-refractivity contribution in [2.45, 2.75) is 17.7 Å². The molecule has 3 N–H and O–H groups in total. The number of nitrogens with one attached hydrogen (secondary N) is 1. The van der Waals surface area contributed by atoms with Gasteiger partial charge in [0.1, 0.15) is 0 Å². The Labute approximate surface area is 131 Å². The molecule has 0 aromatic heterocycles. The quantitative estimate of drug-likeness (QED) is 0.823. The summed E-state index contributed by atoms with van der Waals surface area (Å²) >= 11 is 3.30. The van der Waals surface area contributed by atoms with Gasteiger partial charge in [-0.25, -0.2) is 8.42 Å². The summed E-state index contributed by atoms with van der Waals surface area (Å²) < 4.78 is 27.4. The van der Waals surface area contributed by atoms with Gasteiger partial charge in [0.05, 0.1) is 11.3 Å². The third kappa shape index (κ3) is 2.61. The topological polar surface area (TPSA) is 92.5 Å². The highest BCUT2D eigenvalue weighted by Crippen LogP contribution is 2.35. The van der Waals surface area contributed by atoms with Crippen molar-refractivity contribution in [1.82, 2.24) is 4.31 Å². The molecule has 1 amide bonds. The normalized spacial score (nSPS) is 22.4. The van der Waals surface area contributed by atoms with Crippen LogP contribution in [0.4, 0.5) is 5.69 Å². The first-order valence-corrected chi connectivity index (χ1v) is 8.97. The molecule has 1 saturated heterocycles. The van der Waals surface area contributed by atoms with Gasteiger partial charge in [-0.05, 0) is 52.5 Å². The summed E-state index contributed by atoms with van der Waals surface area (Å²) in [5.74, 6) is 0.104. The summed E-state index contributed by atoms with van der Waals surface area (Å²) in [5.41, 5.74) is 7.01. The molecule has 8 heteroatoms. The number of benzene rings is 1. The Bertz CT molecular complexity index is 705. The number of rotatable bonds is 3. The highest BCUT2D eigenvalue weighted by molar-refractivity contribution is 9.10. The van der Waals surface area contributed by atoms with Crippen LogP contribution in [0.5, 0.6) is 0 Å². The van der Waals surface area contributed by atoms with Crippen molar-refractivity contribution in [2.75, 3.05) is 25.0 Å². The molecule has 0 spiro atoms. The average Bonchev–Trinajstić information content (AvgIpc) is 3.02. The van der Waals surface area contributed by atoms with Gasteiger partial charge in [-0.2, -0.15) is 4.31 Å². The van der Waals surface area contributed by atoms with Gasteiger partial charge < -0.3 is 11.1 Å². The van der Waals surface area contributed by atoms with E-state index in [2.05, 4.69) is 21.2 Å². The Hall–Kier alpha value is -0.960. The van der Waals surface area contributed by atoms with Crippen LogP contribution in [0.15, 0.2) is 21.5 Å². The van der Waals surface area contributed by atoms with Crippen LogP contribution in [0.2, 0.25) is 0 Å². The lowest BCUT2D eigenvalue weighted by Gasteiger charge is -2.18. The molecule has 0 radical (unpaired) electrons. The first-order chi connectivity index (χ1) is 9.91. The highest BCUT2D eigenvalue weighted by Gasteiger charge is 2.34. The van der Waals surface area contributed by atoms with Crippen molar-refractivity contribution in [3.8, 4) is 0 Å². The van der Waals surface area contributed by atoms with Crippen molar-refractivity contribution in [3.05, 3.63) is 22.2 Å². The maximum absolute atomic E-state index is 12.7. The van der Waals surface area contributed by atoms with E-state index in [4.69, 9.17) is 5.73 Å². The van der Waals surface area contributed by atoms with Crippen LogP contribution in [0.3, 0.4) is 0 Å². The van der Waals surface area contributed by atoms with Gasteiger partial charge in [0, 0.05) is 23.2 Å². The molecule has 0 bridgehead atoms. The Morgan fingerprint density at radius 3 is 2.86 bits per heavy atom. The van der Waals surface area contributed by atoms with Gasteiger partial charge >= 0.3 is 0 Å². The van der Waals surface area contributed by atoms with Crippen LogP contribution in [0.1, 0.15) is 12.0 Å². The standard InChI is InChI=1S/C13H16BrN3O3S/c14-10-5-11-9(4-13(18)16-11)3-12(10)21(19,20)17-2-1-8(6-15)7-17/h3,5,8H,1-2,4,6-7,15H2,(H,16,18). The van der Waals surface area contributed by atoms with Crippen molar-refractivity contribution >= 4 is 37.5 Å². The fraction of sp³-hybridized carbons (Fsp3) is 0.462. The summed E-state index contributed by atoms with van der Waals surface area (Å²) in [4.78, 5) is 11.6. The molecule has 0 saturated carbocycles. The molecule has 2 aliphatic heterocycles. The fourth-order valence-electron chi connectivity index (χ4n) is 2.77. The van der Waals surface area contributed by atoms with Crippen LogP contribution in [-0.4, -0.2) is 38.3 Å². The van der Waals surface area contributed by atoms with Crippen LogP contribution in [0, 0.1) is 5.92 Å². The number of halogens is 1. The Kier molecular flexibility index (Phi) is 3.81. The number of anilines is 1. The second-order valence-electron chi connectivity index (χ2n) is 5.42. The zero-order valence-corrected chi connectivity index (χ0v) is 13.7. The first-order valence-electron chi connectivity index (χ1n) is 6.74. The lowest BCUT2D eigenvalue weighted by molar-refractivity contribution is -0.115. The van der Waals surface area contributed by atoms with E-state index in [1.165, 1.54) is 4.31 Å². The molecule has 3 rings (SSSR count). The first kappa shape index (κ1) is 15.0. The molecule has 2 heterocycles. The van der Waals surface area contributed by atoms with Gasteiger partial charge in [-0.15, -0.1) is 0 Å². The minimum absolute atomic E-state index is 0.115. The predicted molar refractivity (Wildman–Crippen MR) is 82.4 cm³/mol. The fourth-order valence-corrected chi connectivity index (χ4v) is 5.35. The number of hydrogen-bond acceptors (Lipinski definition) is 4. The third-order valence-electron chi connectivity index (χ3n) is 3.98. The average molecular weight is 374 g/mol. The molecule has 1 unspecified atom stereocenters. The smallest absolute Gasteiger partial charge is 0.244 e. The number of nitrogens with two attached hydrogens (primary N) is 1. The van der Waals surface area contributed by atoms with Crippen LogP contribution < -0.4 is 11.1 Å². The molecular weight excluding hydrogens is 358 g/mol. The van der Waals surface area contributed by atoms with E-state index in [1.807, 2.05) is 0 Å². The largest absolute Gasteiger partial charge is 0.330 e. The molecule has 0 aliphatic carbocycles. The van der Waals surface area contributed by atoms with Crippen molar-refractivity contribution in [1.29, 1.82) is 0 Å². The minimum atomic E-state index is -3.56. The maximum Gasteiger partial charge on any atom is 0.244 e. The SMILES string of the molecule is NCC1CCN(S(=O)(=O)c2cc3c(cc2Br)NC(=O)C3)C1. The molecule has 1 aromatic carbocycles. The van der Waals surface area contributed by atoms with Crippen molar-refractivity contribution < 1.29 is 13.2 Å². The third-order valence-corrected chi connectivity index (χ3v) is 6.81. The summed E-state index contributed by atoms with van der Waals surface area (Å²) in [5, 5.41) is 2.71. The number of carbonyl (C=O) groups excluding carboxylic acids is 1. The highest BCUT2D eigenvalue weighted by atomic mass is 79.9.